The maximum Gasteiger partial charge on any atom is 0.306 e. The molecular weight excluding hydrogens is 815 g/mol. The zero-order valence-corrected chi connectivity index (χ0v) is 42.3. The van der Waals surface area contributed by atoms with Crippen LogP contribution in [0.4, 0.5) is 0 Å². The highest BCUT2D eigenvalue weighted by Gasteiger charge is 2.22. The van der Waals surface area contributed by atoms with Crippen molar-refractivity contribution in [3.63, 3.8) is 0 Å². The summed E-state index contributed by atoms with van der Waals surface area (Å²) in [6.07, 6.45) is 56.4. The zero-order valence-electron chi connectivity index (χ0n) is 42.3. The van der Waals surface area contributed by atoms with Gasteiger partial charge in [-0.3, -0.25) is 9.59 Å². The number of allylic oxidation sites excluding steroid dienone is 12. The smallest absolute Gasteiger partial charge is 0.306 e. The van der Waals surface area contributed by atoms with E-state index >= 15 is 0 Å². The number of quaternary nitrogens is 1. The summed E-state index contributed by atoms with van der Waals surface area (Å²) in [5, 5.41) is 11.7. The second kappa shape index (κ2) is 47.2. The largest absolute Gasteiger partial charge is 0.545 e. The minimum atomic E-state index is -1.63. The van der Waals surface area contributed by atoms with E-state index in [2.05, 4.69) is 86.8 Å². The summed E-state index contributed by atoms with van der Waals surface area (Å²) in [7, 11) is 5.91. The number of carboxylic acid groups (broad SMARTS) is 1. The molecule has 2 unspecified atom stereocenters. The predicted molar refractivity (Wildman–Crippen MR) is 269 cm³/mol. The summed E-state index contributed by atoms with van der Waals surface area (Å²) in [5.41, 5.74) is 0. The van der Waals surface area contributed by atoms with Crippen molar-refractivity contribution in [1.29, 1.82) is 0 Å². The number of nitrogens with zero attached hydrogens (tertiary/aromatic N) is 1. The number of unbranched alkanes of at least 4 members (excludes halogenated alkanes) is 20. The second-order valence-corrected chi connectivity index (χ2v) is 18.4. The van der Waals surface area contributed by atoms with Crippen molar-refractivity contribution in [2.75, 3.05) is 47.5 Å². The second-order valence-electron chi connectivity index (χ2n) is 18.4. The monoisotopic (exact) mass is 912 g/mol. The molecule has 374 valence electrons. The standard InChI is InChI=1S/C56H97NO8/c1-6-8-10-12-14-16-18-20-22-23-24-25-26-27-28-29-30-31-33-35-37-39-41-43-45-47-54(59)65-52(51-64-56(55(60)61)62-49-48-57(3,4)5)50-63-53(58)46-44-42-40-38-36-34-32-21-19-17-15-13-11-9-7-2/h8,10,14,16,20,22,24-25,27-28,30-31,52,56H,6-7,9,11-13,15,17-19,21,23,26,29,32-51H2,1-5H3/b10-8-,16-14-,22-20-,25-24-,28-27-,31-30-. The van der Waals surface area contributed by atoms with Crippen LogP contribution >= 0.6 is 0 Å². The number of rotatable bonds is 47. The van der Waals surface area contributed by atoms with Crippen LogP contribution in [0.25, 0.3) is 0 Å². The summed E-state index contributed by atoms with van der Waals surface area (Å²) in [6, 6.07) is 0. The zero-order chi connectivity index (χ0) is 47.7. The Labute approximate surface area is 398 Å². The van der Waals surface area contributed by atoms with E-state index in [1.165, 1.54) is 77.0 Å². The number of hydrogen-bond acceptors (Lipinski definition) is 8. The number of carbonyl (C=O) groups is 3. The molecule has 0 aliphatic heterocycles. The lowest BCUT2D eigenvalue weighted by molar-refractivity contribution is -0.870. The molecule has 9 heteroatoms. The first-order valence-electron chi connectivity index (χ1n) is 26.1. The predicted octanol–water partition coefficient (Wildman–Crippen LogP) is 13.3. The quantitative estimate of drug-likeness (QED) is 0.0195. The van der Waals surface area contributed by atoms with Gasteiger partial charge in [-0.2, -0.15) is 0 Å². The summed E-state index contributed by atoms with van der Waals surface area (Å²) in [6.45, 7) is 4.61. The number of ether oxygens (including phenoxy) is 4. The lowest BCUT2D eigenvalue weighted by Gasteiger charge is -2.26. The van der Waals surface area contributed by atoms with E-state index in [9.17, 15) is 19.5 Å². The molecule has 0 bridgehead atoms. The minimum absolute atomic E-state index is 0.142. The van der Waals surface area contributed by atoms with Crippen molar-refractivity contribution in [1.82, 2.24) is 0 Å². The molecule has 2 atom stereocenters. The highest BCUT2D eigenvalue weighted by Crippen LogP contribution is 2.15. The summed E-state index contributed by atoms with van der Waals surface area (Å²) in [4.78, 5) is 37.1. The van der Waals surface area contributed by atoms with Gasteiger partial charge in [0.25, 0.3) is 0 Å². The normalized spacial score (nSPS) is 13.4. The molecule has 65 heavy (non-hydrogen) atoms. The summed E-state index contributed by atoms with van der Waals surface area (Å²) >= 11 is 0. The van der Waals surface area contributed by atoms with Crippen LogP contribution in [0.15, 0.2) is 72.9 Å². The number of carboxylic acids is 1. The molecule has 0 aliphatic carbocycles. The van der Waals surface area contributed by atoms with Crippen LogP contribution in [0.5, 0.6) is 0 Å². The van der Waals surface area contributed by atoms with E-state index in [0.717, 1.165) is 96.3 Å². The van der Waals surface area contributed by atoms with E-state index in [-0.39, 0.29) is 38.6 Å². The molecule has 0 amide bonds. The van der Waals surface area contributed by atoms with Crippen LogP contribution in [-0.2, 0) is 33.3 Å². The number of esters is 2. The first-order chi connectivity index (χ1) is 31.6. The van der Waals surface area contributed by atoms with Crippen molar-refractivity contribution in [3.05, 3.63) is 72.9 Å². The third-order valence-electron chi connectivity index (χ3n) is 11.0. The maximum atomic E-state index is 12.8. The van der Waals surface area contributed by atoms with Crippen molar-refractivity contribution < 1.29 is 42.9 Å². The molecule has 0 radical (unpaired) electrons. The van der Waals surface area contributed by atoms with Crippen LogP contribution < -0.4 is 5.11 Å². The number of carbonyl (C=O) groups excluding carboxylic acids is 3. The van der Waals surface area contributed by atoms with E-state index < -0.39 is 24.3 Å². The van der Waals surface area contributed by atoms with E-state index in [1.807, 2.05) is 21.1 Å². The fourth-order valence-electron chi connectivity index (χ4n) is 6.95. The average Bonchev–Trinajstić information content (AvgIpc) is 3.27. The number of hydrogen-bond donors (Lipinski definition) is 0. The summed E-state index contributed by atoms with van der Waals surface area (Å²) in [5.74, 6) is -2.30. The lowest BCUT2D eigenvalue weighted by atomic mass is 10.0. The van der Waals surface area contributed by atoms with E-state index in [4.69, 9.17) is 18.9 Å². The molecule has 0 heterocycles. The van der Waals surface area contributed by atoms with Gasteiger partial charge >= 0.3 is 11.9 Å². The van der Waals surface area contributed by atoms with Crippen molar-refractivity contribution >= 4 is 17.9 Å². The fraction of sp³-hybridized carbons (Fsp3) is 0.732. The molecule has 0 saturated heterocycles. The Bertz CT molecular complexity index is 1290. The van der Waals surface area contributed by atoms with Crippen LogP contribution in [0.1, 0.15) is 206 Å². The molecular formula is C56H97NO8. The molecule has 9 nitrogen and oxygen atoms in total. The highest BCUT2D eigenvalue weighted by atomic mass is 16.7. The Morgan fingerprint density at radius 2 is 0.877 bits per heavy atom. The Morgan fingerprint density at radius 3 is 1.31 bits per heavy atom. The van der Waals surface area contributed by atoms with Crippen LogP contribution in [0, 0.1) is 0 Å². The van der Waals surface area contributed by atoms with Gasteiger partial charge in [0.05, 0.1) is 40.3 Å². The van der Waals surface area contributed by atoms with Gasteiger partial charge in [-0.15, -0.1) is 0 Å². The molecule has 0 aromatic rings. The van der Waals surface area contributed by atoms with Gasteiger partial charge in [0.2, 0.25) is 0 Å². The van der Waals surface area contributed by atoms with Gasteiger partial charge in [0.1, 0.15) is 13.2 Å². The minimum Gasteiger partial charge on any atom is -0.545 e. The molecule has 0 aliphatic rings. The Kier molecular flexibility index (Phi) is 44.9. The first-order valence-corrected chi connectivity index (χ1v) is 26.1. The van der Waals surface area contributed by atoms with Crippen LogP contribution in [0.2, 0.25) is 0 Å². The van der Waals surface area contributed by atoms with Crippen LogP contribution in [0.3, 0.4) is 0 Å². The Morgan fingerprint density at radius 1 is 0.477 bits per heavy atom. The Hall–Kier alpha value is -3.27. The topological polar surface area (TPSA) is 111 Å². The van der Waals surface area contributed by atoms with Gasteiger partial charge in [0, 0.05) is 12.8 Å². The third kappa shape index (κ3) is 48.5. The SMILES string of the molecule is CC/C=C\C/C=C\C/C=C\C/C=C\C/C=C\C/C=C\CCCCCCCCC(=O)OC(COC(=O)CCCCCCCCCCCCCCCCC)COC(OCC[N+](C)(C)C)C(=O)[O-]. The molecule has 0 aromatic carbocycles. The van der Waals surface area contributed by atoms with Gasteiger partial charge in [0.15, 0.2) is 12.4 Å². The van der Waals surface area contributed by atoms with E-state index in [1.54, 1.807) is 0 Å². The van der Waals surface area contributed by atoms with Crippen molar-refractivity contribution in [2.24, 2.45) is 0 Å². The number of aliphatic carboxylic acids is 1. The molecule has 0 rings (SSSR count). The molecule has 0 saturated carbocycles. The molecule has 0 N–H and O–H groups in total. The Balaban J connectivity index is 4.36. The number of likely N-dealkylation sites (N-methyl/N-ethyl adjacent to an activating group) is 1. The summed E-state index contributed by atoms with van der Waals surface area (Å²) < 4.78 is 22.6. The third-order valence-corrected chi connectivity index (χ3v) is 11.0. The lowest BCUT2D eigenvalue weighted by Crippen LogP contribution is -2.44. The van der Waals surface area contributed by atoms with Gasteiger partial charge in [-0.1, -0.05) is 202 Å². The first kappa shape index (κ1) is 61.7. The van der Waals surface area contributed by atoms with Gasteiger partial charge < -0.3 is 33.3 Å². The molecule has 0 fully saturated rings. The highest BCUT2D eigenvalue weighted by molar-refractivity contribution is 5.70. The molecule has 0 spiro atoms. The van der Waals surface area contributed by atoms with Gasteiger partial charge in [-0.25, -0.2) is 0 Å². The molecule has 0 aromatic heterocycles. The fourth-order valence-corrected chi connectivity index (χ4v) is 6.95. The van der Waals surface area contributed by atoms with E-state index in [0.29, 0.717) is 17.4 Å². The van der Waals surface area contributed by atoms with Crippen molar-refractivity contribution in [2.45, 2.75) is 219 Å². The van der Waals surface area contributed by atoms with Gasteiger partial charge in [-0.05, 0) is 64.2 Å². The van der Waals surface area contributed by atoms with Crippen LogP contribution in [-0.4, -0.2) is 82.3 Å². The maximum absolute atomic E-state index is 12.8. The average molecular weight is 912 g/mol. The van der Waals surface area contributed by atoms with Crippen molar-refractivity contribution in [3.8, 4) is 0 Å².